The van der Waals surface area contributed by atoms with E-state index in [0.29, 0.717) is 0 Å². The molecule has 0 atom stereocenters. The number of nitrogens with two attached hydrogens (primary N) is 1. The molecule has 0 amide bonds. The molecule has 2 heterocycles. The fourth-order valence-electron chi connectivity index (χ4n) is 2.62. The number of aromatic nitrogens is 1. The predicted molar refractivity (Wildman–Crippen MR) is 73.7 cm³/mol. The highest BCUT2D eigenvalue weighted by atomic mass is 32.1. The van der Waals surface area contributed by atoms with Crippen LogP contribution in [0, 0.1) is 0 Å². The van der Waals surface area contributed by atoms with E-state index in [1.54, 1.807) is 11.5 Å². The molecule has 3 nitrogen and oxygen atoms in total. The minimum Gasteiger partial charge on any atom is -0.358 e. The quantitative estimate of drug-likeness (QED) is 0.906. The Morgan fingerprint density at radius 2 is 2.18 bits per heavy atom. The summed E-state index contributed by atoms with van der Waals surface area (Å²) >= 11 is 1.59. The Labute approximate surface area is 105 Å². The van der Waals surface area contributed by atoms with Gasteiger partial charge in [-0.15, -0.1) is 0 Å². The van der Waals surface area contributed by atoms with Crippen molar-refractivity contribution < 1.29 is 0 Å². The van der Waals surface area contributed by atoms with Crippen molar-refractivity contribution in [1.82, 2.24) is 4.37 Å². The summed E-state index contributed by atoms with van der Waals surface area (Å²) in [5.41, 5.74) is 7.42. The first-order chi connectivity index (χ1) is 8.22. The monoisotopic (exact) mass is 247 g/mol. The van der Waals surface area contributed by atoms with Crippen LogP contribution in [0.3, 0.4) is 0 Å². The number of nitrogens with zero attached hydrogens (tertiary/aromatic N) is 2. The van der Waals surface area contributed by atoms with Crippen LogP contribution in [0.4, 0.5) is 5.00 Å². The van der Waals surface area contributed by atoms with Gasteiger partial charge >= 0.3 is 0 Å². The Bertz CT molecular complexity index is 528. The first kappa shape index (κ1) is 11.0. The van der Waals surface area contributed by atoms with Crippen LogP contribution in [-0.4, -0.2) is 23.0 Å². The predicted octanol–water partition coefficient (Wildman–Crippen LogP) is 2.61. The van der Waals surface area contributed by atoms with Crippen molar-refractivity contribution in [2.24, 2.45) is 5.73 Å². The first-order valence-electron chi connectivity index (χ1n) is 6.10. The number of hydrogen-bond acceptors (Lipinski definition) is 4. The fourth-order valence-corrected chi connectivity index (χ4v) is 3.48. The van der Waals surface area contributed by atoms with E-state index in [9.17, 15) is 0 Å². The number of anilines is 1. The van der Waals surface area contributed by atoms with Gasteiger partial charge in [-0.2, -0.15) is 4.37 Å². The van der Waals surface area contributed by atoms with E-state index in [1.807, 2.05) is 6.07 Å². The van der Waals surface area contributed by atoms with E-state index in [-0.39, 0.29) is 5.54 Å². The van der Waals surface area contributed by atoms with E-state index in [2.05, 4.69) is 34.4 Å². The van der Waals surface area contributed by atoms with Crippen LogP contribution >= 0.6 is 11.5 Å². The van der Waals surface area contributed by atoms with Gasteiger partial charge in [-0.25, -0.2) is 0 Å². The lowest BCUT2D eigenvalue weighted by Gasteiger charge is -2.48. The summed E-state index contributed by atoms with van der Waals surface area (Å²) in [6.07, 6.45) is 2.27. The van der Waals surface area contributed by atoms with E-state index in [0.717, 1.165) is 31.4 Å². The van der Waals surface area contributed by atoms with Gasteiger partial charge in [0, 0.05) is 18.5 Å². The zero-order chi connectivity index (χ0) is 11.9. The van der Waals surface area contributed by atoms with Crippen molar-refractivity contribution in [3.8, 4) is 0 Å². The molecule has 0 aliphatic carbocycles. The first-order valence-corrected chi connectivity index (χ1v) is 6.87. The van der Waals surface area contributed by atoms with Crippen molar-refractivity contribution >= 4 is 27.4 Å². The van der Waals surface area contributed by atoms with Crippen LogP contribution in [0.25, 0.3) is 10.9 Å². The zero-order valence-corrected chi connectivity index (χ0v) is 10.8. The van der Waals surface area contributed by atoms with E-state index in [4.69, 9.17) is 5.73 Å². The van der Waals surface area contributed by atoms with Gasteiger partial charge in [0.2, 0.25) is 0 Å². The molecule has 1 saturated heterocycles. The minimum absolute atomic E-state index is 0.0276. The molecule has 90 valence electrons. The van der Waals surface area contributed by atoms with Crippen molar-refractivity contribution in [1.29, 1.82) is 0 Å². The van der Waals surface area contributed by atoms with Crippen molar-refractivity contribution in [2.45, 2.75) is 25.3 Å². The van der Waals surface area contributed by atoms with Crippen LogP contribution in [0.15, 0.2) is 24.3 Å². The van der Waals surface area contributed by atoms with Gasteiger partial charge in [0.1, 0.15) is 5.00 Å². The fraction of sp³-hybridized carbons (Fsp3) is 0.462. The highest BCUT2D eigenvalue weighted by Gasteiger charge is 2.39. The van der Waals surface area contributed by atoms with Gasteiger partial charge in [0.15, 0.2) is 0 Å². The van der Waals surface area contributed by atoms with E-state index >= 15 is 0 Å². The number of fused-ring (bicyclic) bond motifs is 1. The molecular formula is C13H17N3S. The molecule has 0 spiro atoms. The normalized spacial score (nSPS) is 18.4. The molecule has 0 unspecified atom stereocenters. The Hall–Kier alpha value is -1.13. The number of hydrogen-bond donors (Lipinski definition) is 1. The molecule has 0 radical (unpaired) electrons. The maximum atomic E-state index is 6.30. The SMILES string of the molecule is CCCC1(N)CN(c2snc3ccccc23)C1. The van der Waals surface area contributed by atoms with Crippen LogP contribution in [0.1, 0.15) is 19.8 Å². The summed E-state index contributed by atoms with van der Waals surface area (Å²) in [6, 6.07) is 8.31. The van der Waals surface area contributed by atoms with Crippen LogP contribution in [-0.2, 0) is 0 Å². The Morgan fingerprint density at radius 1 is 1.41 bits per heavy atom. The maximum Gasteiger partial charge on any atom is 0.120 e. The largest absolute Gasteiger partial charge is 0.358 e. The lowest BCUT2D eigenvalue weighted by atomic mass is 9.86. The van der Waals surface area contributed by atoms with Crippen molar-refractivity contribution in [3.05, 3.63) is 24.3 Å². The average molecular weight is 247 g/mol. The molecule has 1 aromatic carbocycles. The third kappa shape index (κ3) is 1.81. The topological polar surface area (TPSA) is 42.1 Å². The third-order valence-corrected chi connectivity index (χ3v) is 4.35. The van der Waals surface area contributed by atoms with Crippen LogP contribution in [0.2, 0.25) is 0 Å². The average Bonchev–Trinajstić information content (AvgIpc) is 2.69. The van der Waals surface area contributed by atoms with Gasteiger partial charge < -0.3 is 10.6 Å². The molecule has 2 N–H and O–H groups in total. The minimum atomic E-state index is 0.0276. The Morgan fingerprint density at radius 3 is 2.94 bits per heavy atom. The Kier molecular flexibility index (Phi) is 2.56. The highest BCUT2D eigenvalue weighted by molar-refractivity contribution is 7.11. The molecule has 1 aliphatic rings. The summed E-state index contributed by atoms with van der Waals surface area (Å²) < 4.78 is 4.47. The molecule has 1 aliphatic heterocycles. The lowest BCUT2D eigenvalue weighted by Crippen LogP contribution is -2.67. The molecule has 1 aromatic heterocycles. The molecule has 4 heteroatoms. The maximum absolute atomic E-state index is 6.30. The molecule has 2 aromatic rings. The summed E-state index contributed by atoms with van der Waals surface area (Å²) in [6.45, 7) is 4.12. The van der Waals surface area contributed by atoms with Crippen molar-refractivity contribution in [3.63, 3.8) is 0 Å². The van der Waals surface area contributed by atoms with Gasteiger partial charge in [0.25, 0.3) is 0 Å². The van der Waals surface area contributed by atoms with Gasteiger partial charge in [-0.1, -0.05) is 25.5 Å². The lowest BCUT2D eigenvalue weighted by molar-refractivity contribution is 0.309. The van der Waals surface area contributed by atoms with E-state index in [1.165, 1.54) is 10.4 Å². The second-order valence-electron chi connectivity index (χ2n) is 4.97. The van der Waals surface area contributed by atoms with Gasteiger partial charge in [-0.3, -0.25) is 0 Å². The van der Waals surface area contributed by atoms with Gasteiger partial charge in [0.05, 0.1) is 11.1 Å². The summed E-state index contributed by atoms with van der Waals surface area (Å²) in [5, 5.41) is 2.54. The third-order valence-electron chi connectivity index (χ3n) is 3.41. The Balaban J connectivity index is 1.83. The number of benzene rings is 1. The highest BCUT2D eigenvalue weighted by Crippen LogP contribution is 2.37. The summed E-state index contributed by atoms with van der Waals surface area (Å²) in [4.78, 5) is 2.36. The van der Waals surface area contributed by atoms with Crippen LogP contribution in [0.5, 0.6) is 0 Å². The smallest absolute Gasteiger partial charge is 0.120 e. The standard InChI is InChI=1S/C13H17N3S/c1-2-7-13(14)8-16(9-13)12-10-5-3-4-6-11(10)15-17-12/h3-6H,2,7-9,14H2,1H3. The van der Waals surface area contributed by atoms with Crippen molar-refractivity contribution in [2.75, 3.05) is 18.0 Å². The molecule has 1 fully saturated rings. The zero-order valence-electron chi connectivity index (χ0n) is 10.0. The number of rotatable bonds is 3. The molecule has 0 bridgehead atoms. The summed E-state index contributed by atoms with van der Waals surface area (Å²) in [7, 11) is 0. The molecule has 17 heavy (non-hydrogen) atoms. The van der Waals surface area contributed by atoms with Gasteiger partial charge in [-0.05, 0) is 30.1 Å². The van der Waals surface area contributed by atoms with E-state index < -0.39 is 0 Å². The molecular weight excluding hydrogens is 230 g/mol. The molecule has 3 rings (SSSR count). The summed E-state index contributed by atoms with van der Waals surface area (Å²) in [5.74, 6) is 0. The second kappa shape index (κ2) is 3.96. The molecule has 0 saturated carbocycles. The van der Waals surface area contributed by atoms with Crippen LogP contribution < -0.4 is 10.6 Å². The second-order valence-corrected chi connectivity index (χ2v) is 5.73.